The Hall–Kier alpha value is -1.26. The van der Waals surface area contributed by atoms with Gasteiger partial charge in [0.25, 0.3) is 0 Å². The Balaban J connectivity index is 0.00000192. The van der Waals surface area contributed by atoms with Crippen molar-refractivity contribution in [2.75, 3.05) is 20.8 Å². The molecule has 2 saturated heterocycles. The standard InChI is InChI=1S/C18H25NO3.ClH/c1-4-22-17(20)18(13-6-5-7-16(10-13)21-3)11-14-8-9-15(12-18)19(14)2;/h5-7,10,14-15H,4,8-9,11-12H2,1-3H3;1H/t14-,15+,18?;. The number of benzene rings is 1. The van der Waals surface area contributed by atoms with Gasteiger partial charge in [-0.15, -0.1) is 12.4 Å². The van der Waals surface area contributed by atoms with Crippen LogP contribution in [0.5, 0.6) is 5.75 Å². The third kappa shape index (κ3) is 3.07. The number of piperidine rings is 1. The summed E-state index contributed by atoms with van der Waals surface area (Å²) in [5, 5.41) is 0. The van der Waals surface area contributed by atoms with Gasteiger partial charge in [0, 0.05) is 12.1 Å². The first-order valence-corrected chi connectivity index (χ1v) is 8.14. The van der Waals surface area contributed by atoms with Crippen molar-refractivity contribution in [3.05, 3.63) is 29.8 Å². The predicted molar refractivity (Wildman–Crippen MR) is 92.4 cm³/mol. The molecule has 3 rings (SSSR count). The number of nitrogens with zero attached hydrogens (tertiary/aromatic N) is 1. The topological polar surface area (TPSA) is 38.8 Å². The zero-order chi connectivity index (χ0) is 15.7. The molecule has 1 unspecified atom stereocenters. The van der Waals surface area contributed by atoms with E-state index in [0.29, 0.717) is 18.7 Å². The Morgan fingerprint density at radius 3 is 2.52 bits per heavy atom. The number of ether oxygens (including phenoxy) is 2. The molecular weight excluding hydrogens is 314 g/mol. The molecule has 4 nitrogen and oxygen atoms in total. The number of esters is 1. The monoisotopic (exact) mass is 339 g/mol. The van der Waals surface area contributed by atoms with Crippen LogP contribution in [0.2, 0.25) is 0 Å². The van der Waals surface area contributed by atoms with Gasteiger partial charge in [0.1, 0.15) is 5.75 Å². The first-order valence-electron chi connectivity index (χ1n) is 8.14. The molecule has 23 heavy (non-hydrogen) atoms. The van der Waals surface area contributed by atoms with Crippen molar-refractivity contribution in [2.45, 2.75) is 50.1 Å². The van der Waals surface area contributed by atoms with Gasteiger partial charge in [-0.1, -0.05) is 12.1 Å². The van der Waals surface area contributed by atoms with Crippen LogP contribution < -0.4 is 4.74 Å². The summed E-state index contributed by atoms with van der Waals surface area (Å²) in [5.41, 5.74) is 0.512. The predicted octanol–water partition coefficient (Wildman–Crippen LogP) is 3.17. The van der Waals surface area contributed by atoms with Crippen LogP contribution in [0.1, 0.15) is 38.2 Å². The highest BCUT2D eigenvalue weighted by atomic mass is 35.5. The SMILES string of the molecule is CCOC(=O)C1(c2cccc(OC)c2)C[C@H]2CC[C@@H](C1)N2C.Cl. The van der Waals surface area contributed by atoms with Crippen molar-refractivity contribution < 1.29 is 14.3 Å². The van der Waals surface area contributed by atoms with Gasteiger partial charge in [-0.25, -0.2) is 0 Å². The number of fused-ring (bicyclic) bond motifs is 2. The third-order valence-electron chi connectivity index (χ3n) is 5.44. The molecular formula is C18H26ClNO3. The summed E-state index contributed by atoms with van der Waals surface area (Å²) in [6.45, 7) is 2.30. The highest BCUT2D eigenvalue weighted by Crippen LogP contribution is 2.47. The van der Waals surface area contributed by atoms with E-state index in [4.69, 9.17) is 9.47 Å². The second kappa shape index (κ2) is 7.10. The Labute approximate surface area is 144 Å². The number of hydrogen-bond acceptors (Lipinski definition) is 4. The van der Waals surface area contributed by atoms with Crippen LogP contribution in [0.15, 0.2) is 24.3 Å². The van der Waals surface area contributed by atoms with E-state index in [1.807, 2.05) is 31.2 Å². The Kier molecular flexibility index (Phi) is 5.58. The zero-order valence-corrected chi connectivity index (χ0v) is 14.9. The largest absolute Gasteiger partial charge is 0.497 e. The van der Waals surface area contributed by atoms with Crippen LogP contribution in [0.4, 0.5) is 0 Å². The third-order valence-corrected chi connectivity index (χ3v) is 5.44. The molecule has 0 aromatic heterocycles. The van der Waals surface area contributed by atoms with Crippen LogP contribution in [0, 0.1) is 0 Å². The molecule has 2 aliphatic heterocycles. The molecule has 0 spiro atoms. The summed E-state index contributed by atoms with van der Waals surface area (Å²) < 4.78 is 10.8. The van der Waals surface area contributed by atoms with Crippen LogP contribution in [0.25, 0.3) is 0 Å². The summed E-state index contributed by atoms with van der Waals surface area (Å²) >= 11 is 0. The first-order chi connectivity index (χ1) is 10.6. The molecule has 2 fully saturated rings. The van der Waals surface area contributed by atoms with Crippen LogP contribution >= 0.6 is 12.4 Å². The van der Waals surface area contributed by atoms with Crippen molar-refractivity contribution in [3.63, 3.8) is 0 Å². The maximum absolute atomic E-state index is 12.9. The molecule has 2 bridgehead atoms. The van der Waals surface area contributed by atoms with E-state index in [2.05, 4.69) is 11.9 Å². The maximum atomic E-state index is 12.9. The van der Waals surface area contributed by atoms with E-state index >= 15 is 0 Å². The van der Waals surface area contributed by atoms with Crippen LogP contribution in [-0.4, -0.2) is 43.7 Å². The van der Waals surface area contributed by atoms with Gasteiger partial charge in [-0.2, -0.15) is 0 Å². The van der Waals surface area contributed by atoms with E-state index in [1.54, 1.807) is 7.11 Å². The summed E-state index contributed by atoms with van der Waals surface area (Å²) in [6, 6.07) is 8.87. The van der Waals surface area contributed by atoms with Gasteiger partial charge in [-0.3, -0.25) is 4.79 Å². The minimum Gasteiger partial charge on any atom is -0.497 e. The molecule has 0 saturated carbocycles. The number of rotatable bonds is 4. The number of hydrogen-bond donors (Lipinski definition) is 0. The fourth-order valence-electron chi connectivity index (χ4n) is 4.18. The molecule has 1 aromatic rings. The van der Waals surface area contributed by atoms with Crippen LogP contribution in [-0.2, 0) is 14.9 Å². The van der Waals surface area contributed by atoms with E-state index in [0.717, 1.165) is 24.2 Å². The van der Waals surface area contributed by atoms with E-state index in [-0.39, 0.29) is 18.4 Å². The molecule has 1 aromatic carbocycles. The van der Waals surface area contributed by atoms with Gasteiger partial charge in [0.2, 0.25) is 0 Å². The minimum absolute atomic E-state index is 0. The van der Waals surface area contributed by atoms with E-state index in [9.17, 15) is 4.79 Å². The lowest BCUT2D eigenvalue weighted by atomic mass is 9.70. The van der Waals surface area contributed by atoms with Crippen molar-refractivity contribution in [1.82, 2.24) is 4.90 Å². The molecule has 0 radical (unpaired) electrons. The van der Waals surface area contributed by atoms with Gasteiger partial charge >= 0.3 is 5.97 Å². The van der Waals surface area contributed by atoms with E-state index < -0.39 is 5.41 Å². The number of halogens is 1. The summed E-state index contributed by atoms with van der Waals surface area (Å²) in [7, 11) is 3.84. The Morgan fingerprint density at radius 1 is 1.30 bits per heavy atom. The molecule has 0 amide bonds. The molecule has 0 aliphatic carbocycles. The lowest BCUT2D eigenvalue weighted by Gasteiger charge is -2.43. The first kappa shape index (κ1) is 18.1. The molecule has 0 N–H and O–H groups in total. The number of carbonyl (C=O) groups is 1. The van der Waals surface area contributed by atoms with Gasteiger partial charge < -0.3 is 14.4 Å². The lowest BCUT2D eigenvalue weighted by Crippen LogP contribution is -2.52. The second-order valence-electron chi connectivity index (χ2n) is 6.49. The van der Waals surface area contributed by atoms with Crippen LogP contribution in [0.3, 0.4) is 0 Å². The average molecular weight is 340 g/mol. The van der Waals surface area contributed by atoms with Crippen molar-refractivity contribution >= 4 is 18.4 Å². The average Bonchev–Trinajstić information content (AvgIpc) is 2.77. The Bertz CT molecular complexity index is 549. The molecule has 2 heterocycles. The van der Waals surface area contributed by atoms with Gasteiger partial charge in [0.15, 0.2) is 0 Å². The lowest BCUT2D eigenvalue weighted by molar-refractivity contribution is -0.153. The van der Waals surface area contributed by atoms with Crippen molar-refractivity contribution in [2.24, 2.45) is 0 Å². The number of methoxy groups -OCH3 is 1. The summed E-state index contributed by atoms with van der Waals surface area (Å²) in [5.74, 6) is 0.723. The Morgan fingerprint density at radius 2 is 1.96 bits per heavy atom. The highest BCUT2D eigenvalue weighted by Gasteiger charge is 2.52. The summed E-state index contributed by atoms with van der Waals surface area (Å²) in [6.07, 6.45) is 4.02. The second-order valence-corrected chi connectivity index (χ2v) is 6.49. The fraction of sp³-hybridized carbons (Fsp3) is 0.611. The van der Waals surface area contributed by atoms with Gasteiger partial charge in [-0.05, 0) is 57.4 Å². The fourth-order valence-corrected chi connectivity index (χ4v) is 4.18. The number of carbonyl (C=O) groups excluding carboxylic acids is 1. The smallest absolute Gasteiger partial charge is 0.316 e. The zero-order valence-electron chi connectivity index (χ0n) is 14.1. The normalized spacial score (nSPS) is 29.7. The van der Waals surface area contributed by atoms with Crippen molar-refractivity contribution in [3.8, 4) is 5.75 Å². The molecule has 2 aliphatic rings. The quantitative estimate of drug-likeness (QED) is 0.790. The molecule has 128 valence electrons. The highest BCUT2D eigenvalue weighted by molar-refractivity contribution is 5.85. The van der Waals surface area contributed by atoms with Gasteiger partial charge in [0.05, 0.1) is 19.1 Å². The maximum Gasteiger partial charge on any atom is 0.316 e. The van der Waals surface area contributed by atoms with E-state index in [1.165, 1.54) is 12.8 Å². The summed E-state index contributed by atoms with van der Waals surface area (Å²) in [4.78, 5) is 15.3. The molecule has 3 atom stereocenters. The van der Waals surface area contributed by atoms with Crippen molar-refractivity contribution in [1.29, 1.82) is 0 Å². The molecule has 5 heteroatoms. The minimum atomic E-state index is -0.525.